The van der Waals surface area contributed by atoms with E-state index < -0.39 is 0 Å². The van der Waals surface area contributed by atoms with Crippen LogP contribution < -0.4 is 11.1 Å². The van der Waals surface area contributed by atoms with E-state index in [2.05, 4.69) is 10.3 Å². The summed E-state index contributed by atoms with van der Waals surface area (Å²) in [5, 5.41) is 3.49. The summed E-state index contributed by atoms with van der Waals surface area (Å²) in [5.41, 5.74) is 5.46. The van der Waals surface area contributed by atoms with E-state index in [1.807, 2.05) is 0 Å². The van der Waals surface area contributed by atoms with Gasteiger partial charge in [-0.05, 0) is 0 Å². The van der Waals surface area contributed by atoms with E-state index in [-0.39, 0.29) is 5.78 Å². The number of nitrogens with two attached hydrogens (primary N) is 1. The second-order valence-corrected chi connectivity index (χ2v) is 3.04. The molecule has 0 bridgehead atoms. The molecule has 1 aromatic heterocycles. The van der Waals surface area contributed by atoms with Gasteiger partial charge in [0.25, 0.3) is 0 Å². The number of aromatic nitrogens is 1. The Bertz CT molecular complexity index is 281. The predicted octanol–water partition coefficient (Wildman–Crippen LogP) is 0.970. The van der Waals surface area contributed by atoms with Crippen LogP contribution in [0.1, 0.15) is 16.6 Å². The maximum Gasteiger partial charge on any atom is 0.185 e. The number of ketones is 1. The van der Waals surface area contributed by atoms with Gasteiger partial charge in [0.15, 0.2) is 10.9 Å². The highest BCUT2D eigenvalue weighted by Gasteiger charge is 2.10. The van der Waals surface area contributed by atoms with Crippen LogP contribution in [-0.4, -0.2) is 17.8 Å². The Balaban J connectivity index is 3.07. The fourth-order valence-corrected chi connectivity index (χ4v) is 1.42. The Kier molecular flexibility index (Phi) is 2.09. The number of hydrogen-bond acceptors (Lipinski definition) is 5. The van der Waals surface area contributed by atoms with Gasteiger partial charge in [-0.3, -0.25) is 4.79 Å². The highest BCUT2D eigenvalue weighted by molar-refractivity contribution is 7.18. The third-order valence-electron chi connectivity index (χ3n) is 1.19. The van der Waals surface area contributed by atoms with Crippen molar-refractivity contribution >= 4 is 28.1 Å². The first kappa shape index (κ1) is 8.00. The number of carbonyl (C=O) groups is 1. The van der Waals surface area contributed by atoms with E-state index in [4.69, 9.17) is 5.73 Å². The van der Waals surface area contributed by atoms with Gasteiger partial charge in [0.2, 0.25) is 0 Å². The van der Waals surface area contributed by atoms with Crippen molar-refractivity contribution in [1.29, 1.82) is 0 Å². The van der Waals surface area contributed by atoms with E-state index in [9.17, 15) is 4.79 Å². The van der Waals surface area contributed by atoms with Crippen molar-refractivity contribution in [2.75, 3.05) is 18.1 Å². The molecule has 0 fully saturated rings. The molecule has 1 heterocycles. The first-order valence-corrected chi connectivity index (χ1v) is 3.91. The van der Waals surface area contributed by atoms with Crippen molar-refractivity contribution in [2.24, 2.45) is 0 Å². The van der Waals surface area contributed by atoms with Gasteiger partial charge in [-0.25, -0.2) is 4.98 Å². The zero-order valence-corrected chi connectivity index (χ0v) is 7.16. The number of hydrogen-bond donors (Lipinski definition) is 2. The molecular formula is C6H9N3OS. The Labute approximate surface area is 68.4 Å². The summed E-state index contributed by atoms with van der Waals surface area (Å²) in [4.78, 5) is 15.3. The summed E-state index contributed by atoms with van der Waals surface area (Å²) in [5.74, 6) is 0.272. The lowest BCUT2D eigenvalue weighted by atomic mass is 10.4. The smallest absolute Gasteiger partial charge is 0.185 e. The summed E-state index contributed by atoms with van der Waals surface area (Å²) >= 11 is 1.27. The first-order chi connectivity index (χ1) is 5.15. The zero-order valence-electron chi connectivity index (χ0n) is 6.34. The van der Waals surface area contributed by atoms with Gasteiger partial charge in [-0.2, -0.15) is 0 Å². The molecule has 60 valence electrons. The van der Waals surface area contributed by atoms with Crippen molar-refractivity contribution in [3.05, 3.63) is 4.88 Å². The molecule has 0 aliphatic carbocycles. The summed E-state index contributed by atoms with van der Waals surface area (Å²) < 4.78 is 0. The second-order valence-electron chi connectivity index (χ2n) is 2.04. The van der Waals surface area contributed by atoms with Crippen LogP contribution in [0, 0.1) is 0 Å². The zero-order chi connectivity index (χ0) is 8.43. The van der Waals surface area contributed by atoms with Gasteiger partial charge in [0.1, 0.15) is 10.7 Å². The van der Waals surface area contributed by atoms with Crippen molar-refractivity contribution in [3.63, 3.8) is 0 Å². The van der Waals surface area contributed by atoms with Crippen LogP contribution in [0.5, 0.6) is 0 Å². The average molecular weight is 171 g/mol. The SMILES string of the molecule is CNc1nc(N)c(C(C)=O)s1. The lowest BCUT2D eigenvalue weighted by Crippen LogP contribution is -1.94. The number of nitrogen functional groups attached to an aromatic ring is 1. The van der Waals surface area contributed by atoms with Crippen molar-refractivity contribution in [3.8, 4) is 0 Å². The normalized spacial score (nSPS) is 9.64. The quantitative estimate of drug-likeness (QED) is 0.650. The number of thiazole rings is 1. The van der Waals surface area contributed by atoms with Crippen LogP contribution in [0.4, 0.5) is 10.9 Å². The maximum absolute atomic E-state index is 10.9. The molecule has 0 aliphatic heterocycles. The van der Waals surface area contributed by atoms with Gasteiger partial charge < -0.3 is 11.1 Å². The summed E-state index contributed by atoms with van der Waals surface area (Å²) in [6.45, 7) is 1.48. The highest BCUT2D eigenvalue weighted by Crippen LogP contribution is 2.24. The Morgan fingerprint density at radius 1 is 1.73 bits per heavy atom. The molecule has 0 aliphatic rings. The number of carbonyl (C=O) groups excluding carboxylic acids is 1. The van der Waals surface area contributed by atoms with Crippen LogP contribution in [0.15, 0.2) is 0 Å². The molecule has 3 N–H and O–H groups in total. The molecule has 0 unspecified atom stereocenters. The number of nitrogens with zero attached hydrogens (tertiary/aromatic N) is 1. The largest absolute Gasteiger partial charge is 0.382 e. The molecule has 5 heteroatoms. The summed E-state index contributed by atoms with van der Waals surface area (Å²) in [6.07, 6.45) is 0. The minimum absolute atomic E-state index is 0.0403. The first-order valence-electron chi connectivity index (χ1n) is 3.10. The average Bonchev–Trinajstić information content (AvgIpc) is 2.30. The number of rotatable bonds is 2. The number of nitrogens with one attached hydrogen (secondary N) is 1. The molecule has 0 saturated carbocycles. The third-order valence-corrected chi connectivity index (χ3v) is 2.38. The van der Waals surface area contributed by atoms with Gasteiger partial charge >= 0.3 is 0 Å². The molecule has 0 radical (unpaired) electrons. The van der Waals surface area contributed by atoms with Crippen LogP contribution in [0.3, 0.4) is 0 Å². The van der Waals surface area contributed by atoms with Crippen LogP contribution >= 0.6 is 11.3 Å². The molecule has 0 saturated heterocycles. The molecule has 1 aromatic rings. The van der Waals surface area contributed by atoms with E-state index in [0.29, 0.717) is 15.8 Å². The van der Waals surface area contributed by atoms with Crippen molar-refractivity contribution in [1.82, 2.24) is 4.98 Å². The maximum atomic E-state index is 10.9. The minimum Gasteiger partial charge on any atom is -0.382 e. The number of anilines is 2. The molecule has 11 heavy (non-hydrogen) atoms. The van der Waals surface area contributed by atoms with E-state index >= 15 is 0 Å². The number of Topliss-reactive ketones (excluding diaryl/α,β-unsaturated/α-hetero) is 1. The second kappa shape index (κ2) is 2.87. The van der Waals surface area contributed by atoms with Crippen LogP contribution in [0.2, 0.25) is 0 Å². The topological polar surface area (TPSA) is 68.0 Å². The monoisotopic (exact) mass is 171 g/mol. The van der Waals surface area contributed by atoms with Crippen LogP contribution in [0.25, 0.3) is 0 Å². The van der Waals surface area contributed by atoms with Crippen molar-refractivity contribution in [2.45, 2.75) is 6.92 Å². The van der Waals surface area contributed by atoms with Gasteiger partial charge in [0.05, 0.1) is 0 Å². The lowest BCUT2D eigenvalue weighted by Gasteiger charge is -1.85. The minimum atomic E-state index is -0.0403. The summed E-state index contributed by atoms with van der Waals surface area (Å²) in [6, 6.07) is 0. The molecule has 1 rings (SSSR count). The molecular weight excluding hydrogens is 162 g/mol. The fraction of sp³-hybridized carbons (Fsp3) is 0.333. The molecule has 0 spiro atoms. The van der Waals surface area contributed by atoms with Gasteiger partial charge in [-0.15, -0.1) is 0 Å². The molecule has 4 nitrogen and oxygen atoms in total. The Morgan fingerprint density at radius 3 is 2.64 bits per heavy atom. The Morgan fingerprint density at radius 2 is 2.36 bits per heavy atom. The van der Waals surface area contributed by atoms with Gasteiger partial charge in [-0.1, -0.05) is 11.3 Å². The predicted molar refractivity (Wildman–Crippen MR) is 46.1 cm³/mol. The highest BCUT2D eigenvalue weighted by atomic mass is 32.1. The standard InChI is InChI=1S/C6H9N3OS/c1-3(10)4-5(7)9-6(8-2)11-4/h7H2,1-2H3,(H,8,9). The fourth-order valence-electron chi connectivity index (χ4n) is 0.691. The van der Waals surface area contributed by atoms with Crippen molar-refractivity contribution < 1.29 is 4.79 Å². The third kappa shape index (κ3) is 1.48. The molecule has 0 atom stereocenters. The van der Waals surface area contributed by atoms with Crippen LogP contribution in [-0.2, 0) is 0 Å². The van der Waals surface area contributed by atoms with E-state index in [0.717, 1.165) is 0 Å². The Hall–Kier alpha value is -1.10. The van der Waals surface area contributed by atoms with E-state index in [1.54, 1.807) is 7.05 Å². The van der Waals surface area contributed by atoms with E-state index in [1.165, 1.54) is 18.3 Å². The lowest BCUT2D eigenvalue weighted by molar-refractivity contribution is 0.102. The van der Waals surface area contributed by atoms with Gasteiger partial charge in [0, 0.05) is 14.0 Å². The molecule has 0 amide bonds. The summed E-state index contributed by atoms with van der Waals surface area (Å²) in [7, 11) is 1.74. The molecule has 0 aromatic carbocycles.